The zero-order chi connectivity index (χ0) is 13.5. The molecule has 0 aliphatic heterocycles. The molecule has 0 aliphatic rings. The van der Waals surface area contributed by atoms with Crippen LogP contribution >= 0.6 is 0 Å². The fourth-order valence-corrected chi connectivity index (χ4v) is 2.91. The highest BCUT2D eigenvalue weighted by molar-refractivity contribution is 4.96. The van der Waals surface area contributed by atoms with Crippen LogP contribution in [0.5, 0.6) is 0 Å². The van der Waals surface area contributed by atoms with Crippen molar-refractivity contribution in [2.24, 2.45) is 5.92 Å². The highest BCUT2D eigenvalue weighted by Crippen LogP contribution is 2.27. The lowest BCUT2D eigenvalue weighted by Gasteiger charge is -2.46. The Morgan fingerprint density at radius 2 is 1.59 bits per heavy atom. The van der Waals surface area contributed by atoms with Crippen molar-refractivity contribution < 1.29 is 0 Å². The Kier molecular flexibility index (Phi) is 8.06. The lowest BCUT2D eigenvalue weighted by atomic mass is 9.82. The Labute approximate surface area is 109 Å². The molecular formula is C15H34N2. The van der Waals surface area contributed by atoms with Crippen LogP contribution in [0.1, 0.15) is 61.3 Å². The monoisotopic (exact) mass is 242 g/mol. The van der Waals surface area contributed by atoms with E-state index in [0.29, 0.717) is 6.04 Å². The lowest BCUT2D eigenvalue weighted by molar-refractivity contribution is 0.0624. The van der Waals surface area contributed by atoms with E-state index in [9.17, 15) is 0 Å². The maximum atomic E-state index is 3.71. The standard InChI is InChI=1S/C15H34N2/c1-8-15(7,17(10-3)11-4)14(16-9-2)12-13(5)6/h13-14,16H,8-12H2,1-7H3. The first-order valence-corrected chi connectivity index (χ1v) is 7.44. The highest BCUT2D eigenvalue weighted by Gasteiger charge is 2.36. The number of likely N-dealkylation sites (N-methyl/N-ethyl adjacent to an activating group) is 2. The molecule has 2 atom stereocenters. The zero-order valence-corrected chi connectivity index (χ0v) is 13.1. The summed E-state index contributed by atoms with van der Waals surface area (Å²) < 4.78 is 0. The molecule has 0 fully saturated rings. The summed E-state index contributed by atoms with van der Waals surface area (Å²) in [5, 5.41) is 3.71. The summed E-state index contributed by atoms with van der Waals surface area (Å²) in [5.41, 5.74) is 0.282. The van der Waals surface area contributed by atoms with Gasteiger partial charge >= 0.3 is 0 Å². The maximum absolute atomic E-state index is 3.71. The van der Waals surface area contributed by atoms with E-state index in [0.717, 1.165) is 25.6 Å². The van der Waals surface area contributed by atoms with E-state index in [1.54, 1.807) is 0 Å². The van der Waals surface area contributed by atoms with Gasteiger partial charge in [-0.15, -0.1) is 0 Å². The van der Waals surface area contributed by atoms with Crippen LogP contribution in [-0.2, 0) is 0 Å². The lowest BCUT2D eigenvalue weighted by Crippen LogP contribution is -2.59. The van der Waals surface area contributed by atoms with E-state index in [-0.39, 0.29) is 5.54 Å². The number of nitrogens with one attached hydrogen (secondary N) is 1. The molecule has 0 aromatic carbocycles. The number of hydrogen-bond acceptors (Lipinski definition) is 2. The van der Waals surface area contributed by atoms with Crippen LogP contribution in [0.15, 0.2) is 0 Å². The highest BCUT2D eigenvalue weighted by atomic mass is 15.2. The average Bonchev–Trinajstić information content (AvgIpc) is 2.29. The number of nitrogens with zero attached hydrogens (tertiary/aromatic N) is 1. The summed E-state index contributed by atoms with van der Waals surface area (Å²) in [6.07, 6.45) is 2.47. The smallest absolute Gasteiger partial charge is 0.0331 e. The summed E-state index contributed by atoms with van der Waals surface area (Å²) in [7, 11) is 0. The molecule has 0 saturated carbocycles. The van der Waals surface area contributed by atoms with E-state index >= 15 is 0 Å². The number of rotatable bonds is 9. The minimum atomic E-state index is 0.282. The predicted molar refractivity (Wildman–Crippen MR) is 78.5 cm³/mol. The quantitative estimate of drug-likeness (QED) is 0.665. The summed E-state index contributed by atoms with van der Waals surface area (Å²) >= 11 is 0. The third-order valence-electron chi connectivity index (χ3n) is 4.11. The molecule has 1 N–H and O–H groups in total. The van der Waals surface area contributed by atoms with Crippen LogP contribution < -0.4 is 5.32 Å². The molecule has 2 heteroatoms. The molecule has 0 saturated heterocycles. The second-order valence-electron chi connectivity index (χ2n) is 5.62. The molecule has 2 unspecified atom stereocenters. The van der Waals surface area contributed by atoms with Gasteiger partial charge < -0.3 is 5.32 Å². The van der Waals surface area contributed by atoms with Crippen LogP contribution in [0.2, 0.25) is 0 Å². The van der Waals surface area contributed by atoms with Crippen LogP contribution in [0.3, 0.4) is 0 Å². The third kappa shape index (κ3) is 4.59. The molecule has 2 nitrogen and oxygen atoms in total. The molecule has 104 valence electrons. The average molecular weight is 242 g/mol. The van der Waals surface area contributed by atoms with Gasteiger partial charge in [-0.1, -0.05) is 41.5 Å². The topological polar surface area (TPSA) is 15.3 Å². The normalized spacial score (nSPS) is 17.5. The van der Waals surface area contributed by atoms with Crippen LogP contribution in [-0.4, -0.2) is 36.1 Å². The maximum Gasteiger partial charge on any atom is 0.0331 e. The van der Waals surface area contributed by atoms with E-state index in [1.165, 1.54) is 12.8 Å². The Balaban J connectivity index is 4.95. The Bertz CT molecular complexity index is 187. The molecule has 0 spiro atoms. The fraction of sp³-hybridized carbons (Fsp3) is 1.00. The van der Waals surface area contributed by atoms with Crippen molar-refractivity contribution in [1.29, 1.82) is 0 Å². The fourth-order valence-electron chi connectivity index (χ4n) is 2.91. The number of hydrogen-bond donors (Lipinski definition) is 1. The van der Waals surface area contributed by atoms with Crippen molar-refractivity contribution in [3.05, 3.63) is 0 Å². The Morgan fingerprint density at radius 1 is 1.06 bits per heavy atom. The second-order valence-corrected chi connectivity index (χ2v) is 5.62. The molecule has 0 heterocycles. The summed E-state index contributed by atoms with van der Waals surface area (Å²) in [5.74, 6) is 0.750. The third-order valence-corrected chi connectivity index (χ3v) is 4.11. The Morgan fingerprint density at radius 3 is 1.88 bits per heavy atom. The van der Waals surface area contributed by atoms with Crippen LogP contribution in [0, 0.1) is 5.92 Å². The molecule has 17 heavy (non-hydrogen) atoms. The van der Waals surface area contributed by atoms with E-state index < -0.39 is 0 Å². The predicted octanol–water partition coefficient (Wildman–Crippen LogP) is 3.52. The van der Waals surface area contributed by atoms with Gasteiger partial charge in [0, 0.05) is 11.6 Å². The van der Waals surface area contributed by atoms with Gasteiger partial charge in [0.15, 0.2) is 0 Å². The van der Waals surface area contributed by atoms with Gasteiger partial charge in [0.05, 0.1) is 0 Å². The van der Waals surface area contributed by atoms with Crippen molar-refractivity contribution in [2.45, 2.75) is 72.9 Å². The molecule has 0 amide bonds. The molecule has 0 aliphatic carbocycles. The first kappa shape index (κ1) is 16.9. The van der Waals surface area contributed by atoms with E-state index in [4.69, 9.17) is 0 Å². The molecule has 0 aromatic heterocycles. The van der Waals surface area contributed by atoms with Crippen LogP contribution in [0.4, 0.5) is 0 Å². The summed E-state index contributed by atoms with van der Waals surface area (Å²) in [6.45, 7) is 19.5. The van der Waals surface area contributed by atoms with Gasteiger partial charge in [0.1, 0.15) is 0 Å². The molecule has 0 rings (SSSR count). The van der Waals surface area contributed by atoms with Crippen molar-refractivity contribution in [1.82, 2.24) is 10.2 Å². The van der Waals surface area contributed by atoms with Gasteiger partial charge in [-0.25, -0.2) is 0 Å². The molecule has 0 aromatic rings. The minimum Gasteiger partial charge on any atom is -0.312 e. The second kappa shape index (κ2) is 8.10. The summed E-state index contributed by atoms with van der Waals surface area (Å²) in [4.78, 5) is 2.61. The van der Waals surface area contributed by atoms with Crippen LogP contribution in [0.25, 0.3) is 0 Å². The van der Waals surface area contributed by atoms with Crippen molar-refractivity contribution in [3.8, 4) is 0 Å². The minimum absolute atomic E-state index is 0.282. The van der Waals surface area contributed by atoms with Crippen molar-refractivity contribution in [2.75, 3.05) is 19.6 Å². The SMILES string of the molecule is CCNC(CC(C)C)C(C)(CC)N(CC)CC. The van der Waals surface area contributed by atoms with Gasteiger partial charge in [0.2, 0.25) is 0 Å². The summed E-state index contributed by atoms with van der Waals surface area (Å²) in [6, 6.07) is 0.595. The Hall–Kier alpha value is -0.0800. The molecule has 0 radical (unpaired) electrons. The zero-order valence-electron chi connectivity index (χ0n) is 13.1. The van der Waals surface area contributed by atoms with E-state index in [2.05, 4.69) is 58.7 Å². The van der Waals surface area contributed by atoms with Crippen molar-refractivity contribution >= 4 is 0 Å². The van der Waals surface area contributed by atoms with Gasteiger partial charge in [-0.3, -0.25) is 4.90 Å². The molecular weight excluding hydrogens is 208 g/mol. The largest absolute Gasteiger partial charge is 0.312 e. The van der Waals surface area contributed by atoms with E-state index in [1.807, 2.05) is 0 Å². The van der Waals surface area contributed by atoms with Crippen molar-refractivity contribution in [3.63, 3.8) is 0 Å². The van der Waals surface area contributed by atoms with Gasteiger partial charge in [-0.2, -0.15) is 0 Å². The first-order valence-electron chi connectivity index (χ1n) is 7.44. The van der Waals surface area contributed by atoms with Gasteiger partial charge in [0.25, 0.3) is 0 Å². The van der Waals surface area contributed by atoms with Gasteiger partial charge in [-0.05, 0) is 45.3 Å². The molecule has 0 bridgehead atoms. The first-order chi connectivity index (χ1) is 7.96.